The van der Waals surface area contributed by atoms with Gasteiger partial charge in [-0.1, -0.05) is 13.8 Å². The number of hydrogen-bond acceptors (Lipinski definition) is 3. The van der Waals surface area contributed by atoms with Crippen molar-refractivity contribution in [3.63, 3.8) is 0 Å². The lowest BCUT2D eigenvalue weighted by molar-refractivity contribution is -0.159. The molecule has 0 amide bonds. The SMILES string of the molecule is CC(C)C(=O)OC(C)(C)CN. The Bertz CT molecular complexity index is 141. The number of carbonyl (C=O) groups is 1. The van der Waals surface area contributed by atoms with Gasteiger partial charge in [0.15, 0.2) is 0 Å². The van der Waals surface area contributed by atoms with Gasteiger partial charge in [-0.05, 0) is 13.8 Å². The van der Waals surface area contributed by atoms with Crippen molar-refractivity contribution in [1.29, 1.82) is 0 Å². The lowest BCUT2D eigenvalue weighted by atomic mass is 10.1. The summed E-state index contributed by atoms with van der Waals surface area (Å²) in [6.07, 6.45) is 0. The van der Waals surface area contributed by atoms with E-state index in [-0.39, 0.29) is 11.9 Å². The third kappa shape index (κ3) is 3.98. The van der Waals surface area contributed by atoms with Crippen LogP contribution in [0.2, 0.25) is 0 Å². The monoisotopic (exact) mass is 159 g/mol. The van der Waals surface area contributed by atoms with E-state index in [4.69, 9.17) is 10.5 Å². The van der Waals surface area contributed by atoms with Gasteiger partial charge in [0.25, 0.3) is 0 Å². The Kier molecular flexibility index (Phi) is 3.52. The molecule has 0 aliphatic rings. The lowest BCUT2D eigenvalue weighted by Gasteiger charge is -2.24. The zero-order valence-electron chi connectivity index (χ0n) is 7.68. The van der Waals surface area contributed by atoms with Crippen LogP contribution in [0.15, 0.2) is 0 Å². The number of rotatable bonds is 3. The first-order valence-electron chi connectivity index (χ1n) is 3.82. The minimum Gasteiger partial charge on any atom is -0.458 e. The van der Waals surface area contributed by atoms with Crippen molar-refractivity contribution in [2.75, 3.05) is 6.54 Å². The van der Waals surface area contributed by atoms with Crippen molar-refractivity contribution in [2.45, 2.75) is 33.3 Å². The van der Waals surface area contributed by atoms with Gasteiger partial charge in [0.1, 0.15) is 5.60 Å². The molecule has 0 aromatic heterocycles. The molecule has 0 bridgehead atoms. The Balaban J connectivity index is 3.94. The topological polar surface area (TPSA) is 52.3 Å². The van der Waals surface area contributed by atoms with E-state index in [9.17, 15) is 4.79 Å². The number of ether oxygens (including phenoxy) is 1. The summed E-state index contributed by atoms with van der Waals surface area (Å²) in [6, 6.07) is 0. The van der Waals surface area contributed by atoms with Gasteiger partial charge in [0.2, 0.25) is 0 Å². The third-order valence-corrected chi connectivity index (χ3v) is 1.34. The summed E-state index contributed by atoms with van der Waals surface area (Å²) in [5, 5.41) is 0. The summed E-state index contributed by atoms with van der Waals surface area (Å²) in [6.45, 7) is 7.55. The number of hydrogen-bond donors (Lipinski definition) is 1. The van der Waals surface area contributed by atoms with Crippen LogP contribution in [-0.4, -0.2) is 18.1 Å². The first-order chi connectivity index (χ1) is 4.89. The highest BCUT2D eigenvalue weighted by Crippen LogP contribution is 2.09. The van der Waals surface area contributed by atoms with Crippen molar-refractivity contribution in [3.05, 3.63) is 0 Å². The van der Waals surface area contributed by atoms with E-state index in [1.807, 2.05) is 0 Å². The van der Waals surface area contributed by atoms with E-state index >= 15 is 0 Å². The molecule has 0 radical (unpaired) electrons. The van der Waals surface area contributed by atoms with Gasteiger partial charge >= 0.3 is 5.97 Å². The van der Waals surface area contributed by atoms with Crippen LogP contribution in [0.3, 0.4) is 0 Å². The van der Waals surface area contributed by atoms with E-state index in [2.05, 4.69) is 0 Å². The van der Waals surface area contributed by atoms with Crippen LogP contribution < -0.4 is 5.73 Å². The molecular weight excluding hydrogens is 142 g/mol. The molecule has 2 N–H and O–H groups in total. The molecule has 0 aromatic carbocycles. The Labute approximate surface area is 67.9 Å². The summed E-state index contributed by atoms with van der Waals surface area (Å²) in [5.41, 5.74) is 4.85. The molecule has 3 heteroatoms. The molecule has 0 atom stereocenters. The second kappa shape index (κ2) is 3.72. The number of esters is 1. The largest absolute Gasteiger partial charge is 0.458 e. The molecule has 3 nitrogen and oxygen atoms in total. The van der Waals surface area contributed by atoms with Gasteiger partial charge in [-0.2, -0.15) is 0 Å². The zero-order valence-corrected chi connectivity index (χ0v) is 7.68. The van der Waals surface area contributed by atoms with Crippen LogP contribution in [0.25, 0.3) is 0 Å². The number of carbonyl (C=O) groups excluding carboxylic acids is 1. The fourth-order valence-corrected chi connectivity index (χ4v) is 0.432. The predicted molar refractivity (Wildman–Crippen MR) is 44.1 cm³/mol. The van der Waals surface area contributed by atoms with Crippen molar-refractivity contribution in [2.24, 2.45) is 11.7 Å². The molecule has 0 aliphatic heterocycles. The summed E-state index contributed by atoms with van der Waals surface area (Å²) in [5.74, 6) is -0.277. The van der Waals surface area contributed by atoms with E-state index in [1.165, 1.54) is 0 Å². The van der Waals surface area contributed by atoms with Gasteiger partial charge in [-0.25, -0.2) is 0 Å². The van der Waals surface area contributed by atoms with Crippen LogP contribution in [0.4, 0.5) is 0 Å². The quantitative estimate of drug-likeness (QED) is 0.623. The van der Waals surface area contributed by atoms with E-state index in [0.29, 0.717) is 6.54 Å². The molecule has 0 rings (SSSR count). The minimum absolute atomic E-state index is 0.0826. The van der Waals surface area contributed by atoms with Crippen LogP contribution in [0.5, 0.6) is 0 Å². The second-order valence-corrected chi connectivity index (χ2v) is 3.54. The normalized spacial score (nSPS) is 11.8. The summed E-state index contributed by atoms with van der Waals surface area (Å²) in [7, 11) is 0. The standard InChI is InChI=1S/C8H17NO2/c1-6(2)7(10)11-8(3,4)5-9/h6H,5,9H2,1-4H3. The summed E-state index contributed by atoms with van der Waals surface area (Å²) in [4.78, 5) is 11.0. The van der Waals surface area contributed by atoms with E-state index in [1.54, 1.807) is 27.7 Å². The first-order valence-corrected chi connectivity index (χ1v) is 3.82. The highest BCUT2D eigenvalue weighted by atomic mass is 16.6. The molecule has 0 aliphatic carbocycles. The smallest absolute Gasteiger partial charge is 0.308 e. The minimum atomic E-state index is -0.526. The van der Waals surface area contributed by atoms with Gasteiger partial charge in [0, 0.05) is 6.54 Å². The molecule has 0 unspecified atom stereocenters. The first kappa shape index (κ1) is 10.4. The average Bonchev–Trinajstić information content (AvgIpc) is 1.87. The number of nitrogens with two attached hydrogens (primary N) is 1. The molecule has 0 fully saturated rings. The van der Waals surface area contributed by atoms with Crippen molar-refractivity contribution in [1.82, 2.24) is 0 Å². The highest BCUT2D eigenvalue weighted by Gasteiger charge is 2.22. The molecule has 0 saturated heterocycles. The maximum Gasteiger partial charge on any atom is 0.308 e. The highest BCUT2D eigenvalue weighted by molar-refractivity contribution is 5.71. The van der Waals surface area contributed by atoms with E-state index in [0.717, 1.165) is 0 Å². The second-order valence-electron chi connectivity index (χ2n) is 3.54. The summed E-state index contributed by atoms with van der Waals surface area (Å²) < 4.78 is 5.08. The molecule has 66 valence electrons. The fraction of sp³-hybridized carbons (Fsp3) is 0.875. The van der Waals surface area contributed by atoms with Crippen LogP contribution >= 0.6 is 0 Å². The molecular formula is C8H17NO2. The van der Waals surface area contributed by atoms with Gasteiger partial charge in [-0.3, -0.25) is 4.79 Å². The Morgan fingerprint density at radius 2 is 2.00 bits per heavy atom. The van der Waals surface area contributed by atoms with Crippen molar-refractivity contribution < 1.29 is 9.53 Å². The van der Waals surface area contributed by atoms with Crippen LogP contribution in [-0.2, 0) is 9.53 Å². The molecule has 0 spiro atoms. The molecule has 0 saturated carbocycles. The summed E-state index contributed by atoms with van der Waals surface area (Å²) >= 11 is 0. The van der Waals surface area contributed by atoms with Gasteiger partial charge in [0.05, 0.1) is 5.92 Å². The maximum absolute atomic E-state index is 11.0. The Hall–Kier alpha value is -0.570. The van der Waals surface area contributed by atoms with Crippen molar-refractivity contribution >= 4 is 5.97 Å². The molecule has 0 aromatic rings. The Morgan fingerprint density at radius 3 is 2.27 bits per heavy atom. The van der Waals surface area contributed by atoms with Gasteiger partial charge in [-0.15, -0.1) is 0 Å². The molecule has 11 heavy (non-hydrogen) atoms. The van der Waals surface area contributed by atoms with E-state index < -0.39 is 5.60 Å². The lowest BCUT2D eigenvalue weighted by Crippen LogP contribution is -2.37. The van der Waals surface area contributed by atoms with Crippen LogP contribution in [0.1, 0.15) is 27.7 Å². The Morgan fingerprint density at radius 1 is 1.55 bits per heavy atom. The average molecular weight is 159 g/mol. The third-order valence-electron chi connectivity index (χ3n) is 1.34. The van der Waals surface area contributed by atoms with Crippen LogP contribution in [0, 0.1) is 5.92 Å². The zero-order chi connectivity index (χ0) is 9.07. The van der Waals surface area contributed by atoms with Crippen molar-refractivity contribution in [3.8, 4) is 0 Å². The maximum atomic E-state index is 11.0. The predicted octanol–water partition coefficient (Wildman–Crippen LogP) is 0.923. The molecule has 0 heterocycles. The fourth-order valence-electron chi connectivity index (χ4n) is 0.432. The van der Waals surface area contributed by atoms with Gasteiger partial charge < -0.3 is 10.5 Å².